The van der Waals surface area contributed by atoms with Crippen molar-refractivity contribution in [1.82, 2.24) is 0 Å². The zero-order valence-corrected chi connectivity index (χ0v) is 27.6. The lowest BCUT2D eigenvalue weighted by Gasteiger charge is -2.34. The van der Waals surface area contributed by atoms with E-state index in [0.29, 0.717) is 12.8 Å². The number of carboxylic acids is 1. The summed E-state index contributed by atoms with van der Waals surface area (Å²) in [6.07, 6.45) is 27.5. The molecule has 0 aliphatic carbocycles. The van der Waals surface area contributed by atoms with Crippen molar-refractivity contribution < 1.29 is 38.2 Å². The Bertz CT molecular complexity index is 855. The third-order valence-electron chi connectivity index (χ3n) is 6.71. The van der Waals surface area contributed by atoms with Crippen LogP contribution in [0.25, 0.3) is 0 Å². The van der Waals surface area contributed by atoms with Crippen LogP contribution >= 0.6 is 0 Å². The lowest BCUT2D eigenvalue weighted by atomic mass is 10.1. The average molecular weight is 606 g/mol. The van der Waals surface area contributed by atoms with E-state index in [1.54, 1.807) is 21.1 Å². The van der Waals surface area contributed by atoms with Gasteiger partial charge in [-0.15, -0.1) is 0 Å². The Morgan fingerprint density at radius 1 is 0.721 bits per heavy atom. The van der Waals surface area contributed by atoms with Crippen LogP contribution in [0.1, 0.15) is 104 Å². The molecule has 2 unspecified atom stereocenters. The van der Waals surface area contributed by atoms with Crippen LogP contribution < -0.4 is 5.11 Å². The molecule has 0 radical (unpaired) electrons. The van der Waals surface area contributed by atoms with E-state index in [9.17, 15) is 19.5 Å². The summed E-state index contributed by atoms with van der Waals surface area (Å²) in [7, 11) is 5.35. The lowest BCUT2D eigenvalue weighted by Crippen LogP contribution is -2.55. The Balaban J connectivity index is 4.63. The molecule has 0 fully saturated rings. The van der Waals surface area contributed by atoms with Crippen LogP contribution in [-0.4, -0.2) is 75.5 Å². The fraction of sp³-hybridized carbons (Fsp3) is 0.686. The molecule has 0 spiro atoms. The van der Waals surface area contributed by atoms with Crippen molar-refractivity contribution in [1.29, 1.82) is 0 Å². The quantitative estimate of drug-likeness (QED) is 0.0489. The minimum Gasteiger partial charge on any atom is -0.544 e. The fourth-order valence-electron chi connectivity index (χ4n) is 4.17. The number of nitrogens with zero attached hydrogens (tertiary/aromatic N) is 1. The second-order valence-corrected chi connectivity index (χ2v) is 11.7. The summed E-state index contributed by atoms with van der Waals surface area (Å²) in [5, 5.41) is 11.5. The minimum atomic E-state index is -1.14. The number of ether oxygens (including phenoxy) is 3. The van der Waals surface area contributed by atoms with Gasteiger partial charge in [0, 0.05) is 19.3 Å². The first kappa shape index (κ1) is 40.3. The minimum absolute atomic E-state index is 0.00763. The van der Waals surface area contributed by atoms with E-state index in [0.717, 1.165) is 38.5 Å². The number of unbranched alkanes of at least 4 members (excludes halogenated alkanes) is 5. The predicted molar refractivity (Wildman–Crippen MR) is 171 cm³/mol. The number of hydrogen-bond acceptors (Lipinski definition) is 7. The molecule has 8 nitrogen and oxygen atoms in total. The van der Waals surface area contributed by atoms with E-state index >= 15 is 0 Å². The Morgan fingerprint density at radius 2 is 1.35 bits per heavy atom. The monoisotopic (exact) mass is 605 g/mol. The van der Waals surface area contributed by atoms with E-state index in [4.69, 9.17) is 14.2 Å². The normalized spacial score (nSPS) is 13.8. The zero-order chi connectivity index (χ0) is 32.2. The molecule has 43 heavy (non-hydrogen) atoms. The van der Waals surface area contributed by atoms with Crippen LogP contribution in [0.4, 0.5) is 0 Å². The van der Waals surface area contributed by atoms with E-state index < -0.39 is 18.1 Å². The molecular weight excluding hydrogens is 546 g/mol. The average Bonchev–Trinajstić information content (AvgIpc) is 2.94. The zero-order valence-electron chi connectivity index (χ0n) is 27.6. The summed E-state index contributed by atoms with van der Waals surface area (Å²) in [6.45, 7) is 4.35. The molecule has 2 atom stereocenters. The molecule has 0 heterocycles. The molecule has 0 aromatic carbocycles. The van der Waals surface area contributed by atoms with Gasteiger partial charge in [0.2, 0.25) is 0 Å². The number of carbonyl (C=O) groups is 3. The first-order valence-electron chi connectivity index (χ1n) is 16.2. The van der Waals surface area contributed by atoms with Crippen molar-refractivity contribution in [3.05, 3.63) is 48.6 Å². The molecule has 0 rings (SSSR count). The van der Waals surface area contributed by atoms with Gasteiger partial charge >= 0.3 is 11.9 Å². The second-order valence-electron chi connectivity index (χ2n) is 11.7. The van der Waals surface area contributed by atoms with Crippen molar-refractivity contribution in [3.8, 4) is 0 Å². The number of aliphatic carboxylic acids is 1. The number of quaternary nitrogens is 1. The van der Waals surface area contributed by atoms with Crippen LogP contribution in [0.5, 0.6) is 0 Å². The van der Waals surface area contributed by atoms with Crippen LogP contribution in [0, 0.1) is 0 Å². The molecule has 0 bridgehead atoms. The van der Waals surface area contributed by atoms with Gasteiger partial charge in [-0.05, 0) is 51.4 Å². The third kappa shape index (κ3) is 25.5. The SMILES string of the molecule is CC/C=C/C/C=C/C/C=C/CCCC(=O)OCC(COCCC(C(=O)[O-])[N+](C)(C)C)OC(=O)CC/C=C/CCCCCC. The maximum absolute atomic E-state index is 12.5. The van der Waals surface area contributed by atoms with Crippen molar-refractivity contribution in [2.24, 2.45) is 0 Å². The van der Waals surface area contributed by atoms with Crippen LogP contribution in [-0.2, 0) is 28.6 Å². The van der Waals surface area contributed by atoms with E-state index in [1.165, 1.54) is 19.3 Å². The largest absolute Gasteiger partial charge is 0.544 e. The van der Waals surface area contributed by atoms with E-state index in [-0.39, 0.29) is 55.5 Å². The lowest BCUT2D eigenvalue weighted by molar-refractivity contribution is -0.889. The number of likely N-dealkylation sites (N-methyl/N-ethyl adjacent to an activating group) is 1. The van der Waals surface area contributed by atoms with Crippen molar-refractivity contribution >= 4 is 17.9 Å². The fourth-order valence-corrected chi connectivity index (χ4v) is 4.17. The number of allylic oxidation sites excluding steroid dienone is 8. The first-order valence-corrected chi connectivity index (χ1v) is 16.2. The highest BCUT2D eigenvalue weighted by atomic mass is 16.6. The highest BCUT2D eigenvalue weighted by Gasteiger charge is 2.25. The highest BCUT2D eigenvalue weighted by Crippen LogP contribution is 2.09. The van der Waals surface area contributed by atoms with Gasteiger partial charge in [0.25, 0.3) is 0 Å². The Hall–Kier alpha value is -2.71. The van der Waals surface area contributed by atoms with Crippen molar-refractivity contribution in [2.75, 3.05) is 41.0 Å². The van der Waals surface area contributed by atoms with Crippen molar-refractivity contribution in [3.63, 3.8) is 0 Å². The molecule has 0 aromatic rings. The number of carbonyl (C=O) groups excluding carboxylic acids is 3. The molecule has 0 aliphatic heterocycles. The van der Waals surface area contributed by atoms with Crippen LogP contribution in [0.2, 0.25) is 0 Å². The van der Waals surface area contributed by atoms with Gasteiger partial charge < -0.3 is 28.6 Å². The molecule has 0 amide bonds. The summed E-state index contributed by atoms with van der Waals surface area (Å²) in [4.78, 5) is 36.3. The summed E-state index contributed by atoms with van der Waals surface area (Å²) in [5.74, 6) is -1.89. The van der Waals surface area contributed by atoms with Crippen LogP contribution in [0.3, 0.4) is 0 Å². The molecule has 8 heteroatoms. The van der Waals surface area contributed by atoms with Gasteiger partial charge in [0.15, 0.2) is 6.10 Å². The number of hydrogen-bond donors (Lipinski definition) is 0. The van der Waals surface area contributed by atoms with E-state index in [1.807, 2.05) is 6.08 Å². The molecule has 0 saturated carbocycles. The van der Waals surface area contributed by atoms with Gasteiger partial charge in [0.1, 0.15) is 12.6 Å². The Morgan fingerprint density at radius 3 is 2.00 bits per heavy atom. The predicted octanol–water partition coefficient (Wildman–Crippen LogP) is 6.01. The summed E-state index contributed by atoms with van der Waals surface area (Å²) in [6, 6.07) is -0.736. The summed E-state index contributed by atoms with van der Waals surface area (Å²) in [5.41, 5.74) is 0. The van der Waals surface area contributed by atoms with Gasteiger partial charge in [-0.25, -0.2) is 0 Å². The molecular formula is C35H59NO7. The number of carboxylic acid groups (broad SMARTS) is 1. The molecule has 0 aromatic heterocycles. The Kier molecular flexibility index (Phi) is 25.2. The van der Waals surface area contributed by atoms with Gasteiger partial charge in [-0.1, -0.05) is 81.7 Å². The second kappa shape index (κ2) is 26.9. The third-order valence-corrected chi connectivity index (χ3v) is 6.71. The summed E-state index contributed by atoms with van der Waals surface area (Å²) < 4.78 is 16.8. The molecule has 0 saturated heterocycles. The standard InChI is InChI=1S/C35H59NO7/c1-6-8-10-12-14-16-17-18-20-21-23-25-33(37)42-30-31(29-41-28-27-32(35(39)40)36(3,4)5)43-34(38)26-24-22-19-15-13-11-9-7-2/h8,10,14,16,18-20,22,31-32H,6-7,9,11-13,15,17,21,23-30H2,1-5H3/b10-8+,16-14+,20-18+,22-19+. The van der Waals surface area contributed by atoms with Crippen molar-refractivity contribution in [2.45, 2.75) is 116 Å². The maximum Gasteiger partial charge on any atom is 0.306 e. The first-order chi connectivity index (χ1) is 20.6. The summed E-state index contributed by atoms with van der Waals surface area (Å²) >= 11 is 0. The number of esters is 2. The molecule has 0 N–H and O–H groups in total. The Labute approximate surface area is 261 Å². The molecule has 246 valence electrons. The number of rotatable bonds is 27. The van der Waals surface area contributed by atoms with Gasteiger partial charge in [-0.3, -0.25) is 9.59 Å². The highest BCUT2D eigenvalue weighted by molar-refractivity contribution is 5.70. The van der Waals surface area contributed by atoms with Gasteiger partial charge in [0.05, 0.1) is 40.3 Å². The maximum atomic E-state index is 12.5. The smallest absolute Gasteiger partial charge is 0.306 e. The van der Waals surface area contributed by atoms with Crippen LogP contribution in [0.15, 0.2) is 48.6 Å². The molecule has 0 aliphatic rings. The van der Waals surface area contributed by atoms with Gasteiger partial charge in [-0.2, -0.15) is 0 Å². The topological polar surface area (TPSA) is 102 Å². The van der Waals surface area contributed by atoms with E-state index in [2.05, 4.69) is 56.4 Å².